The zero-order chi connectivity index (χ0) is 17.8. The third kappa shape index (κ3) is 4.71. The Bertz CT molecular complexity index is 924. The molecule has 0 saturated heterocycles. The largest absolute Gasteiger partial charge is 0.301 e. The van der Waals surface area contributed by atoms with Crippen LogP contribution < -0.4 is 5.56 Å². The molecule has 1 N–H and O–H groups in total. The van der Waals surface area contributed by atoms with Crippen molar-refractivity contribution in [2.45, 2.75) is 24.3 Å². The molecule has 3 aromatic rings. The van der Waals surface area contributed by atoms with Crippen molar-refractivity contribution in [3.8, 4) is 0 Å². The average molecular weight is 375 g/mol. The smallest absolute Gasteiger partial charge is 0.255 e. The number of aromatic amines is 1. The molecule has 6 heteroatoms. The second kappa shape index (κ2) is 7.85. The molecule has 3 nitrogen and oxygen atoms in total. The van der Waals surface area contributed by atoms with Crippen molar-refractivity contribution in [1.82, 2.24) is 9.97 Å². The summed E-state index contributed by atoms with van der Waals surface area (Å²) in [5.41, 5.74) is 3.20. The van der Waals surface area contributed by atoms with Crippen molar-refractivity contribution in [2.75, 3.05) is 0 Å². The molecule has 0 spiro atoms. The number of benzene rings is 2. The molecule has 2 aromatic carbocycles. The molecule has 0 saturated carbocycles. The summed E-state index contributed by atoms with van der Waals surface area (Å²) in [5, 5.41) is 1.23. The molecular weight excluding hydrogens is 359 g/mol. The molecule has 0 radical (unpaired) electrons. The van der Waals surface area contributed by atoms with Gasteiger partial charge in [0.15, 0.2) is 5.16 Å². The summed E-state index contributed by atoms with van der Waals surface area (Å²) in [6.07, 6.45) is 0.508. The molecule has 0 aliphatic heterocycles. The second-order valence-electron chi connectivity index (χ2n) is 5.65. The summed E-state index contributed by atoms with van der Waals surface area (Å²) >= 11 is 7.31. The Morgan fingerprint density at radius 1 is 1.08 bits per heavy atom. The fourth-order valence-corrected chi connectivity index (χ4v) is 3.39. The third-order valence-corrected chi connectivity index (χ3v) is 4.98. The van der Waals surface area contributed by atoms with Gasteiger partial charge in [0.05, 0.1) is 0 Å². The van der Waals surface area contributed by atoms with E-state index in [1.807, 2.05) is 19.1 Å². The molecule has 0 amide bonds. The van der Waals surface area contributed by atoms with Crippen LogP contribution in [0.1, 0.15) is 22.4 Å². The minimum Gasteiger partial charge on any atom is -0.301 e. The van der Waals surface area contributed by atoms with Gasteiger partial charge in [0, 0.05) is 28.5 Å². The molecule has 0 aliphatic carbocycles. The van der Waals surface area contributed by atoms with Crippen LogP contribution >= 0.6 is 23.4 Å². The van der Waals surface area contributed by atoms with Gasteiger partial charge in [-0.05, 0) is 42.3 Å². The van der Waals surface area contributed by atoms with E-state index >= 15 is 0 Å². The molecule has 0 bridgehead atoms. The van der Waals surface area contributed by atoms with Crippen molar-refractivity contribution in [2.24, 2.45) is 0 Å². The lowest BCUT2D eigenvalue weighted by Gasteiger charge is -2.07. The quantitative estimate of drug-likeness (QED) is 0.517. The van der Waals surface area contributed by atoms with E-state index in [0.29, 0.717) is 33.6 Å². The van der Waals surface area contributed by atoms with E-state index in [9.17, 15) is 9.18 Å². The van der Waals surface area contributed by atoms with Gasteiger partial charge in [-0.25, -0.2) is 9.37 Å². The van der Waals surface area contributed by atoms with Gasteiger partial charge in [0.25, 0.3) is 5.56 Å². The molecular formula is C19H16ClFN2OS. The number of aryl methyl sites for hydroxylation is 1. The summed E-state index contributed by atoms with van der Waals surface area (Å²) < 4.78 is 12.9. The van der Waals surface area contributed by atoms with E-state index in [0.717, 1.165) is 11.1 Å². The lowest BCUT2D eigenvalue weighted by atomic mass is 10.1. The van der Waals surface area contributed by atoms with E-state index in [1.54, 1.807) is 24.3 Å². The first-order chi connectivity index (χ1) is 12.0. The fourth-order valence-electron chi connectivity index (χ4n) is 2.40. The maximum absolute atomic E-state index is 12.9. The first kappa shape index (κ1) is 17.7. The van der Waals surface area contributed by atoms with Crippen molar-refractivity contribution >= 4 is 23.4 Å². The highest BCUT2D eigenvalue weighted by Crippen LogP contribution is 2.20. The molecule has 25 heavy (non-hydrogen) atoms. The molecule has 0 atom stereocenters. The Labute approximate surface area is 154 Å². The zero-order valence-corrected chi connectivity index (χ0v) is 15.1. The summed E-state index contributed by atoms with van der Waals surface area (Å²) in [4.78, 5) is 19.7. The predicted molar refractivity (Wildman–Crippen MR) is 99.8 cm³/mol. The van der Waals surface area contributed by atoms with Crippen LogP contribution in [0.4, 0.5) is 4.39 Å². The highest BCUT2D eigenvalue weighted by Gasteiger charge is 2.10. The van der Waals surface area contributed by atoms with E-state index in [2.05, 4.69) is 9.97 Å². The highest BCUT2D eigenvalue weighted by atomic mass is 35.5. The summed E-state index contributed by atoms with van der Waals surface area (Å²) in [7, 11) is 0. The first-order valence-corrected chi connectivity index (χ1v) is 9.09. The summed E-state index contributed by atoms with van der Waals surface area (Å²) in [5.74, 6) is 0.349. The van der Waals surface area contributed by atoms with Crippen LogP contribution in [0.2, 0.25) is 5.02 Å². The van der Waals surface area contributed by atoms with Gasteiger partial charge < -0.3 is 4.98 Å². The van der Waals surface area contributed by atoms with Crippen LogP contribution in [0.5, 0.6) is 0 Å². The van der Waals surface area contributed by atoms with Crippen molar-refractivity contribution < 1.29 is 4.39 Å². The van der Waals surface area contributed by atoms with Gasteiger partial charge in [0.2, 0.25) is 0 Å². The standard InChI is InChI=1S/C19H16ClFN2OS/c1-12-17(10-13-2-6-15(20)7-3-13)18(24)23-19(22-12)25-11-14-4-8-16(21)9-5-14/h2-9H,10-11H2,1H3,(H,22,23,24). The highest BCUT2D eigenvalue weighted by molar-refractivity contribution is 7.98. The minimum atomic E-state index is -0.261. The predicted octanol–water partition coefficient (Wildman–Crippen LogP) is 4.75. The summed E-state index contributed by atoms with van der Waals surface area (Å²) in [6, 6.07) is 13.7. The molecule has 3 rings (SSSR count). The van der Waals surface area contributed by atoms with E-state index < -0.39 is 0 Å². The Hall–Kier alpha value is -2.11. The van der Waals surface area contributed by atoms with E-state index in [1.165, 1.54) is 23.9 Å². The van der Waals surface area contributed by atoms with Gasteiger partial charge >= 0.3 is 0 Å². The SMILES string of the molecule is Cc1nc(SCc2ccc(F)cc2)[nH]c(=O)c1Cc1ccc(Cl)cc1. The normalized spacial score (nSPS) is 10.8. The molecule has 0 unspecified atom stereocenters. The summed E-state index contributed by atoms with van der Waals surface area (Å²) in [6.45, 7) is 1.84. The number of rotatable bonds is 5. The van der Waals surface area contributed by atoms with Gasteiger partial charge in [-0.2, -0.15) is 0 Å². The fraction of sp³-hybridized carbons (Fsp3) is 0.158. The number of nitrogens with zero attached hydrogens (tertiary/aromatic N) is 1. The Morgan fingerprint density at radius 3 is 2.36 bits per heavy atom. The monoisotopic (exact) mass is 374 g/mol. The number of aromatic nitrogens is 2. The van der Waals surface area contributed by atoms with Crippen LogP contribution in [0.25, 0.3) is 0 Å². The number of hydrogen-bond acceptors (Lipinski definition) is 3. The molecule has 1 heterocycles. The third-order valence-electron chi connectivity index (χ3n) is 3.78. The number of nitrogens with one attached hydrogen (secondary N) is 1. The van der Waals surface area contributed by atoms with Crippen LogP contribution in [-0.4, -0.2) is 9.97 Å². The lowest BCUT2D eigenvalue weighted by molar-refractivity contribution is 0.627. The molecule has 1 aromatic heterocycles. The number of H-pyrrole nitrogens is 1. The van der Waals surface area contributed by atoms with Crippen molar-refractivity contribution in [3.05, 3.63) is 92.1 Å². The van der Waals surface area contributed by atoms with Crippen LogP contribution in [0, 0.1) is 12.7 Å². The zero-order valence-electron chi connectivity index (χ0n) is 13.6. The minimum absolute atomic E-state index is 0.135. The van der Waals surface area contributed by atoms with Crippen molar-refractivity contribution in [1.29, 1.82) is 0 Å². The Morgan fingerprint density at radius 2 is 1.72 bits per heavy atom. The van der Waals surface area contributed by atoms with Crippen LogP contribution in [-0.2, 0) is 12.2 Å². The maximum atomic E-state index is 12.9. The first-order valence-electron chi connectivity index (χ1n) is 7.73. The average Bonchev–Trinajstić information content (AvgIpc) is 2.59. The number of halogens is 2. The number of thioether (sulfide) groups is 1. The van der Waals surface area contributed by atoms with Gasteiger partial charge in [-0.1, -0.05) is 47.6 Å². The van der Waals surface area contributed by atoms with Gasteiger partial charge in [-0.3, -0.25) is 4.79 Å². The van der Waals surface area contributed by atoms with Crippen molar-refractivity contribution in [3.63, 3.8) is 0 Å². The van der Waals surface area contributed by atoms with E-state index in [4.69, 9.17) is 11.6 Å². The number of hydrogen-bond donors (Lipinski definition) is 1. The van der Waals surface area contributed by atoms with Gasteiger partial charge in [0.1, 0.15) is 5.82 Å². The Balaban J connectivity index is 1.74. The van der Waals surface area contributed by atoms with Gasteiger partial charge in [-0.15, -0.1) is 0 Å². The topological polar surface area (TPSA) is 45.8 Å². The van der Waals surface area contributed by atoms with E-state index in [-0.39, 0.29) is 11.4 Å². The second-order valence-corrected chi connectivity index (χ2v) is 7.05. The maximum Gasteiger partial charge on any atom is 0.255 e. The van der Waals surface area contributed by atoms with Crippen LogP contribution in [0.3, 0.4) is 0 Å². The molecule has 128 valence electrons. The molecule has 0 aliphatic rings. The van der Waals surface area contributed by atoms with Crippen LogP contribution in [0.15, 0.2) is 58.5 Å². The lowest BCUT2D eigenvalue weighted by Crippen LogP contribution is -2.17. The molecule has 0 fully saturated rings. The Kier molecular flexibility index (Phi) is 5.56.